The van der Waals surface area contributed by atoms with E-state index in [1.807, 2.05) is 0 Å². The third-order valence-electron chi connectivity index (χ3n) is 2.93. The van der Waals surface area contributed by atoms with Gasteiger partial charge in [-0.15, -0.1) is 0 Å². The zero-order valence-electron chi connectivity index (χ0n) is 12.4. The normalized spacial score (nSPS) is 9.95. The Morgan fingerprint density at radius 3 is 2.29 bits per heavy atom. The van der Waals surface area contributed by atoms with Crippen LogP contribution in [-0.4, -0.2) is 19.2 Å². The summed E-state index contributed by atoms with van der Waals surface area (Å²) < 4.78 is 14.6. The smallest absolute Gasteiger partial charge is 0.434 e. The maximum Gasteiger partial charge on any atom is 0.513 e. The molecule has 0 aliphatic rings. The number of carbonyl (C=O) groups is 2. The first kappa shape index (κ1) is 17.0. The van der Waals surface area contributed by atoms with Gasteiger partial charge in [-0.2, -0.15) is 0 Å². The Morgan fingerprint density at radius 1 is 1.00 bits per heavy atom. The minimum Gasteiger partial charge on any atom is -0.434 e. The fourth-order valence-corrected chi connectivity index (χ4v) is 1.81. The van der Waals surface area contributed by atoms with Crippen molar-refractivity contribution in [1.82, 2.24) is 0 Å². The largest absolute Gasteiger partial charge is 0.513 e. The molecule has 0 atom stereocenters. The summed E-state index contributed by atoms with van der Waals surface area (Å²) in [6.07, 6.45) is 6.08. The fourth-order valence-electron chi connectivity index (χ4n) is 1.81. The van der Waals surface area contributed by atoms with E-state index < -0.39 is 6.16 Å². The van der Waals surface area contributed by atoms with Crippen LogP contribution < -0.4 is 9.47 Å². The van der Waals surface area contributed by atoms with Crippen molar-refractivity contribution in [2.45, 2.75) is 45.4 Å². The highest BCUT2D eigenvalue weighted by atomic mass is 16.7. The maximum absolute atomic E-state index is 11.4. The van der Waals surface area contributed by atoms with Crippen molar-refractivity contribution in [1.29, 1.82) is 0 Å². The van der Waals surface area contributed by atoms with Gasteiger partial charge < -0.3 is 14.2 Å². The van der Waals surface area contributed by atoms with Crippen molar-refractivity contribution in [3.8, 4) is 11.5 Å². The SMILES string of the molecule is CCCCCCCCOC(=O)Oc1ccc(OC=O)cc1. The molecular weight excluding hydrogens is 272 g/mol. The molecular formula is C16H22O5. The Labute approximate surface area is 125 Å². The van der Waals surface area contributed by atoms with Crippen molar-refractivity contribution in [2.24, 2.45) is 0 Å². The second kappa shape index (κ2) is 10.7. The molecule has 116 valence electrons. The molecule has 0 unspecified atom stereocenters. The first-order chi connectivity index (χ1) is 10.3. The van der Waals surface area contributed by atoms with Gasteiger partial charge in [-0.3, -0.25) is 4.79 Å². The molecule has 1 aromatic carbocycles. The van der Waals surface area contributed by atoms with Gasteiger partial charge in [0, 0.05) is 0 Å². The second-order valence-corrected chi connectivity index (χ2v) is 4.65. The molecule has 0 bridgehead atoms. The summed E-state index contributed by atoms with van der Waals surface area (Å²) in [6.45, 7) is 2.89. The molecule has 0 aromatic heterocycles. The summed E-state index contributed by atoms with van der Waals surface area (Å²) in [5.41, 5.74) is 0. The zero-order chi connectivity index (χ0) is 15.3. The fraction of sp³-hybridized carbons (Fsp3) is 0.500. The molecule has 0 saturated heterocycles. The van der Waals surface area contributed by atoms with Gasteiger partial charge in [0.2, 0.25) is 0 Å². The third kappa shape index (κ3) is 7.97. The first-order valence-electron chi connectivity index (χ1n) is 7.31. The van der Waals surface area contributed by atoms with E-state index in [0.29, 0.717) is 24.6 Å². The highest BCUT2D eigenvalue weighted by Crippen LogP contribution is 2.17. The van der Waals surface area contributed by atoms with Crippen LogP contribution in [0.3, 0.4) is 0 Å². The number of ether oxygens (including phenoxy) is 3. The predicted octanol–water partition coefficient (Wildman–Crippen LogP) is 4.10. The molecule has 5 heteroatoms. The van der Waals surface area contributed by atoms with Crippen LogP contribution in [0.2, 0.25) is 0 Å². The predicted molar refractivity (Wildman–Crippen MR) is 78.5 cm³/mol. The zero-order valence-corrected chi connectivity index (χ0v) is 12.4. The molecule has 21 heavy (non-hydrogen) atoms. The monoisotopic (exact) mass is 294 g/mol. The molecule has 5 nitrogen and oxygen atoms in total. The highest BCUT2D eigenvalue weighted by Gasteiger charge is 2.06. The third-order valence-corrected chi connectivity index (χ3v) is 2.93. The molecule has 0 spiro atoms. The van der Waals surface area contributed by atoms with Crippen molar-refractivity contribution < 1.29 is 23.8 Å². The van der Waals surface area contributed by atoms with Crippen LogP contribution in [0.5, 0.6) is 11.5 Å². The number of benzene rings is 1. The average molecular weight is 294 g/mol. The molecule has 0 N–H and O–H groups in total. The Hall–Kier alpha value is -2.04. The van der Waals surface area contributed by atoms with E-state index in [0.717, 1.165) is 12.8 Å². The summed E-state index contributed by atoms with van der Waals surface area (Å²) in [5, 5.41) is 0. The molecule has 0 saturated carbocycles. The van der Waals surface area contributed by atoms with E-state index in [1.165, 1.54) is 49.9 Å². The quantitative estimate of drug-likeness (QED) is 0.281. The van der Waals surface area contributed by atoms with Crippen LogP contribution >= 0.6 is 0 Å². The van der Waals surface area contributed by atoms with E-state index in [1.54, 1.807) is 0 Å². The van der Waals surface area contributed by atoms with Crippen molar-refractivity contribution in [2.75, 3.05) is 6.61 Å². The van der Waals surface area contributed by atoms with E-state index in [-0.39, 0.29) is 0 Å². The summed E-state index contributed by atoms with van der Waals surface area (Å²) in [4.78, 5) is 21.6. The van der Waals surface area contributed by atoms with Gasteiger partial charge in [-0.05, 0) is 30.7 Å². The summed E-state index contributed by atoms with van der Waals surface area (Å²) >= 11 is 0. The molecule has 0 amide bonds. The first-order valence-corrected chi connectivity index (χ1v) is 7.31. The van der Waals surface area contributed by atoms with Crippen LogP contribution in [0.1, 0.15) is 45.4 Å². The Bertz CT molecular complexity index is 413. The Balaban J connectivity index is 2.14. The second-order valence-electron chi connectivity index (χ2n) is 4.65. The van der Waals surface area contributed by atoms with E-state index in [9.17, 15) is 9.59 Å². The van der Waals surface area contributed by atoms with Gasteiger partial charge in [-0.1, -0.05) is 39.0 Å². The lowest BCUT2D eigenvalue weighted by atomic mass is 10.1. The van der Waals surface area contributed by atoms with Crippen LogP contribution in [0, 0.1) is 0 Å². The van der Waals surface area contributed by atoms with Gasteiger partial charge in [-0.25, -0.2) is 4.79 Å². The minimum absolute atomic E-state index is 0.338. The number of rotatable bonds is 10. The molecule has 1 aromatic rings. The standard InChI is InChI=1S/C16H22O5/c1-2-3-4-5-6-7-12-19-16(18)21-15-10-8-14(9-11-15)20-13-17/h8-11,13H,2-7,12H2,1H3. The molecule has 0 heterocycles. The molecule has 1 rings (SSSR count). The van der Waals surface area contributed by atoms with Crippen molar-refractivity contribution in [3.63, 3.8) is 0 Å². The van der Waals surface area contributed by atoms with Crippen LogP contribution in [0.15, 0.2) is 24.3 Å². The van der Waals surface area contributed by atoms with E-state index >= 15 is 0 Å². The lowest BCUT2D eigenvalue weighted by molar-refractivity contribution is -0.120. The number of carbonyl (C=O) groups excluding carboxylic acids is 2. The van der Waals surface area contributed by atoms with Crippen LogP contribution in [-0.2, 0) is 9.53 Å². The van der Waals surface area contributed by atoms with Gasteiger partial charge >= 0.3 is 6.16 Å². The van der Waals surface area contributed by atoms with Gasteiger partial charge in [0.05, 0.1) is 6.61 Å². The number of hydrogen-bond acceptors (Lipinski definition) is 5. The molecule has 0 radical (unpaired) electrons. The summed E-state index contributed by atoms with van der Waals surface area (Å²) in [6, 6.07) is 6.13. The van der Waals surface area contributed by atoms with Crippen molar-refractivity contribution in [3.05, 3.63) is 24.3 Å². The minimum atomic E-state index is -0.715. The maximum atomic E-state index is 11.4. The van der Waals surface area contributed by atoms with E-state index in [2.05, 4.69) is 11.7 Å². The van der Waals surface area contributed by atoms with Gasteiger partial charge in [0.1, 0.15) is 11.5 Å². The van der Waals surface area contributed by atoms with Gasteiger partial charge in [0.25, 0.3) is 6.47 Å². The lowest BCUT2D eigenvalue weighted by Crippen LogP contribution is -2.11. The molecule has 0 fully saturated rings. The highest BCUT2D eigenvalue weighted by molar-refractivity contribution is 5.63. The van der Waals surface area contributed by atoms with Gasteiger partial charge in [0.15, 0.2) is 0 Å². The van der Waals surface area contributed by atoms with Crippen molar-refractivity contribution >= 4 is 12.6 Å². The molecule has 0 aliphatic carbocycles. The lowest BCUT2D eigenvalue weighted by Gasteiger charge is -2.06. The summed E-state index contributed by atoms with van der Waals surface area (Å²) in [5.74, 6) is 0.735. The number of hydrogen-bond donors (Lipinski definition) is 0. The Morgan fingerprint density at radius 2 is 1.62 bits per heavy atom. The average Bonchev–Trinajstić information content (AvgIpc) is 2.49. The molecule has 0 aliphatic heterocycles. The number of unbranched alkanes of at least 4 members (excludes halogenated alkanes) is 5. The van der Waals surface area contributed by atoms with Crippen LogP contribution in [0.25, 0.3) is 0 Å². The topological polar surface area (TPSA) is 61.8 Å². The summed E-state index contributed by atoms with van der Waals surface area (Å²) in [7, 11) is 0. The van der Waals surface area contributed by atoms with E-state index in [4.69, 9.17) is 9.47 Å². The Kier molecular flexibility index (Phi) is 8.68. The van der Waals surface area contributed by atoms with Crippen LogP contribution in [0.4, 0.5) is 4.79 Å².